The van der Waals surface area contributed by atoms with Crippen molar-refractivity contribution >= 4 is 45.1 Å². The standard InChI is InChI=1S/C22H14Cl2N4/c23-19-15-5-1-3-7-17(15)25-21(27-19)13-9-11-14(12-10-13)22-26-18-8-4-2-6-16(18)20(24)28-22/h1-7,9-12,18H,8H2/t18-/m0/s1. The second kappa shape index (κ2) is 6.97. The highest BCUT2D eigenvalue weighted by Crippen LogP contribution is 2.27. The van der Waals surface area contributed by atoms with Crippen LogP contribution in [0.15, 0.2) is 82.3 Å². The molecule has 6 heteroatoms. The number of benzene rings is 2. The number of aliphatic imine (C=N–C) groups is 2. The number of amidine groups is 1. The molecule has 2 aromatic carbocycles. The van der Waals surface area contributed by atoms with E-state index in [4.69, 9.17) is 28.2 Å². The van der Waals surface area contributed by atoms with Gasteiger partial charge in [0.05, 0.1) is 11.6 Å². The first kappa shape index (κ1) is 17.3. The number of allylic oxidation sites excluding steroid dienone is 2. The van der Waals surface area contributed by atoms with Gasteiger partial charge in [0.15, 0.2) is 11.7 Å². The molecule has 5 rings (SSSR count). The molecule has 4 nitrogen and oxygen atoms in total. The quantitative estimate of drug-likeness (QED) is 0.521. The maximum atomic E-state index is 6.37. The van der Waals surface area contributed by atoms with E-state index in [1.807, 2.05) is 60.7 Å². The number of halogens is 2. The van der Waals surface area contributed by atoms with Gasteiger partial charge in [-0.15, -0.1) is 0 Å². The van der Waals surface area contributed by atoms with Crippen LogP contribution in [-0.2, 0) is 0 Å². The second-order valence-corrected chi connectivity index (χ2v) is 7.31. The number of aromatic nitrogens is 2. The van der Waals surface area contributed by atoms with E-state index in [0.717, 1.165) is 34.0 Å². The molecule has 0 saturated heterocycles. The average Bonchev–Trinajstić information content (AvgIpc) is 2.74. The van der Waals surface area contributed by atoms with Crippen LogP contribution in [0.4, 0.5) is 0 Å². The van der Waals surface area contributed by atoms with Crippen LogP contribution in [0.2, 0.25) is 5.15 Å². The molecular weight excluding hydrogens is 391 g/mol. The van der Waals surface area contributed by atoms with Crippen molar-refractivity contribution in [3.63, 3.8) is 0 Å². The van der Waals surface area contributed by atoms with Crippen LogP contribution in [0.3, 0.4) is 0 Å². The molecule has 2 heterocycles. The van der Waals surface area contributed by atoms with Gasteiger partial charge in [-0.2, -0.15) is 0 Å². The van der Waals surface area contributed by atoms with Gasteiger partial charge in [0.2, 0.25) is 0 Å². The monoisotopic (exact) mass is 404 g/mol. The fourth-order valence-electron chi connectivity index (χ4n) is 3.35. The summed E-state index contributed by atoms with van der Waals surface area (Å²) in [6.45, 7) is 0. The second-order valence-electron chi connectivity index (χ2n) is 6.59. The normalized spacial score (nSPS) is 18.4. The van der Waals surface area contributed by atoms with Crippen LogP contribution in [0.1, 0.15) is 12.0 Å². The topological polar surface area (TPSA) is 50.5 Å². The van der Waals surface area contributed by atoms with Gasteiger partial charge in [-0.25, -0.2) is 15.0 Å². The number of rotatable bonds is 2. The first-order chi connectivity index (χ1) is 13.7. The largest absolute Gasteiger partial charge is 0.258 e. The van der Waals surface area contributed by atoms with Crippen molar-refractivity contribution < 1.29 is 0 Å². The third kappa shape index (κ3) is 3.05. The minimum absolute atomic E-state index is 0.0345. The van der Waals surface area contributed by atoms with Crippen molar-refractivity contribution in [2.45, 2.75) is 12.5 Å². The van der Waals surface area contributed by atoms with Crippen LogP contribution >= 0.6 is 23.2 Å². The Balaban J connectivity index is 1.49. The highest BCUT2D eigenvalue weighted by Gasteiger charge is 2.24. The molecular formula is C22H14Cl2N4. The van der Waals surface area contributed by atoms with E-state index in [2.05, 4.69) is 21.0 Å². The number of para-hydroxylation sites is 1. The minimum Gasteiger partial charge on any atom is -0.258 e. The summed E-state index contributed by atoms with van der Waals surface area (Å²) in [5.41, 5.74) is 3.58. The van der Waals surface area contributed by atoms with Crippen molar-refractivity contribution in [1.29, 1.82) is 0 Å². The first-order valence-electron chi connectivity index (χ1n) is 8.91. The Morgan fingerprint density at radius 3 is 2.54 bits per heavy atom. The number of nitrogens with zero attached hydrogens (tertiary/aromatic N) is 4. The van der Waals surface area contributed by atoms with E-state index < -0.39 is 0 Å². The van der Waals surface area contributed by atoms with Gasteiger partial charge in [-0.05, 0) is 18.6 Å². The molecule has 0 amide bonds. The Hall–Kier alpha value is -2.82. The summed E-state index contributed by atoms with van der Waals surface area (Å²) in [7, 11) is 0. The molecule has 28 heavy (non-hydrogen) atoms. The summed E-state index contributed by atoms with van der Waals surface area (Å²) in [6, 6.07) is 15.6. The Labute approximate surface area is 172 Å². The van der Waals surface area contributed by atoms with E-state index in [1.54, 1.807) is 0 Å². The summed E-state index contributed by atoms with van der Waals surface area (Å²) in [5.74, 6) is 1.23. The summed E-state index contributed by atoms with van der Waals surface area (Å²) in [4.78, 5) is 18.3. The lowest BCUT2D eigenvalue weighted by molar-refractivity contribution is 0.798. The maximum absolute atomic E-state index is 6.37. The lowest BCUT2D eigenvalue weighted by atomic mass is 9.98. The molecule has 2 aliphatic rings. The molecule has 136 valence electrons. The summed E-state index contributed by atoms with van der Waals surface area (Å²) in [5, 5.41) is 1.80. The molecule has 0 spiro atoms. The Morgan fingerprint density at radius 2 is 1.68 bits per heavy atom. The lowest BCUT2D eigenvalue weighted by Gasteiger charge is -2.21. The van der Waals surface area contributed by atoms with E-state index in [-0.39, 0.29) is 6.04 Å². The van der Waals surface area contributed by atoms with Gasteiger partial charge in [0.1, 0.15) is 10.3 Å². The molecule has 0 fully saturated rings. The van der Waals surface area contributed by atoms with Crippen molar-refractivity contribution in [2.24, 2.45) is 9.98 Å². The van der Waals surface area contributed by atoms with Crippen LogP contribution in [-0.4, -0.2) is 27.0 Å². The van der Waals surface area contributed by atoms with Crippen LogP contribution < -0.4 is 0 Å². The number of hydrogen-bond donors (Lipinski definition) is 0. The van der Waals surface area contributed by atoms with Gasteiger partial charge in [-0.3, -0.25) is 4.99 Å². The first-order valence-corrected chi connectivity index (χ1v) is 9.67. The van der Waals surface area contributed by atoms with Crippen LogP contribution in [0.5, 0.6) is 0 Å². The van der Waals surface area contributed by atoms with Gasteiger partial charge >= 0.3 is 0 Å². The number of fused-ring (bicyclic) bond motifs is 2. The molecule has 1 atom stereocenters. The number of hydrogen-bond acceptors (Lipinski definition) is 4. The van der Waals surface area contributed by atoms with E-state index >= 15 is 0 Å². The summed E-state index contributed by atoms with van der Waals surface area (Å²) in [6.07, 6.45) is 6.90. The summed E-state index contributed by atoms with van der Waals surface area (Å²) < 4.78 is 0. The molecule has 1 aromatic heterocycles. The Bertz CT molecular complexity index is 1210. The zero-order valence-corrected chi connectivity index (χ0v) is 16.2. The molecule has 3 aromatic rings. The highest BCUT2D eigenvalue weighted by atomic mass is 35.5. The summed E-state index contributed by atoms with van der Waals surface area (Å²) >= 11 is 12.7. The van der Waals surface area contributed by atoms with Crippen LogP contribution in [0.25, 0.3) is 22.3 Å². The fraction of sp³-hybridized carbons (Fsp3) is 0.0909. The molecule has 0 bridgehead atoms. The van der Waals surface area contributed by atoms with Gasteiger partial charge in [0, 0.05) is 22.1 Å². The Kier molecular flexibility index (Phi) is 4.30. The third-order valence-electron chi connectivity index (χ3n) is 4.81. The van der Waals surface area contributed by atoms with Crippen molar-refractivity contribution in [1.82, 2.24) is 9.97 Å². The van der Waals surface area contributed by atoms with Gasteiger partial charge < -0.3 is 0 Å². The Morgan fingerprint density at radius 1 is 0.893 bits per heavy atom. The van der Waals surface area contributed by atoms with Gasteiger partial charge in [0.25, 0.3) is 0 Å². The molecule has 0 radical (unpaired) electrons. The molecule has 0 saturated carbocycles. The smallest absolute Gasteiger partial charge is 0.161 e. The van der Waals surface area contributed by atoms with Crippen molar-refractivity contribution in [3.05, 3.63) is 83.0 Å². The SMILES string of the molecule is ClC1=NC(c2ccc(-c3nc(Cl)c4ccccc4n3)cc2)=N[C@H]2CC=CC=C12. The zero-order valence-electron chi connectivity index (χ0n) is 14.7. The van der Waals surface area contributed by atoms with E-state index in [9.17, 15) is 0 Å². The van der Waals surface area contributed by atoms with Crippen LogP contribution in [0, 0.1) is 0 Å². The molecule has 0 N–H and O–H groups in total. The minimum atomic E-state index is 0.0345. The average molecular weight is 405 g/mol. The fourth-order valence-corrected chi connectivity index (χ4v) is 3.86. The third-order valence-corrected chi connectivity index (χ3v) is 5.40. The molecule has 1 aliphatic heterocycles. The highest BCUT2D eigenvalue weighted by molar-refractivity contribution is 6.70. The molecule has 0 unspecified atom stereocenters. The molecule has 1 aliphatic carbocycles. The maximum Gasteiger partial charge on any atom is 0.161 e. The van der Waals surface area contributed by atoms with Crippen molar-refractivity contribution in [3.8, 4) is 11.4 Å². The predicted octanol–water partition coefficient (Wildman–Crippen LogP) is 5.60. The zero-order chi connectivity index (χ0) is 19.1. The van der Waals surface area contributed by atoms with Crippen molar-refractivity contribution in [2.75, 3.05) is 0 Å². The van der Waals surface area contributed by atoms with E-state index in [1.165, 1.54) is 0 Å². The lowest BCUT2D eigenvalue weighted by Crippen LogP contribution is -2.22. The predicted molar refractivity (Wildman–Crippen MR) is 115 cm³/mol. The van der Waals surface area contributed by atoms with E-state index in [0.29, 0.717) is 22.0 Å². The van der Waals surface area contributed by atoms with Gasteiger partial charge in [-0.1, -0.05) is 77.8 Å².